The van der Waals surface area contributed by atoms with Gasteiger partial charge in [-0.05, 0) is 44.9 Å². The summed E-state index contributed by atoms with van der Waals surface area (Å²) in [4.78, 5) is 0. The quantitative estimate of drug-likeness (QED) is 0.176. The Labute approximate surface area is 142 Å². The largest absolute Gasteiger partial charge is 0.367 e. The molecule has 1 atom stereocenters. The fraction of sp³-hybridized carbons (Fsp3) is 0.684. The maximum atomic E-state index is 13.0. The highest BCUT2D eigenvalue weighted by atomic mass is 31.2. The lowest BCUT2D eigenvalue weighted by molar-refractivity contribution is 0.354. The van der Waals surface area contributed by atoms with Gasteiger partial charge in [-0.25, -0.2) is 0 Å². The minimum absolute atomic E-state index is 0.0436. The maximum absolute atomic E-state index is 13.0. The van der Waals surface area contributed by atoms with E-state index in [0.717, 1.165) is 32.1 Å². The predicted octanol–water partition coefficient (Wildman–Crippen LogP) is 7.38. The molecule has 2 nitrogen and oxygen atoms in total. The molecule has 0 fully saturated rings. The van der Waals surface area contributed by atoms with Crippen molar-refractivity contribution < 1.29 is 13.3 Å². The summed E-state index contributed by atoms with van der Waals surface area (Å²) in [7, 11) is -2.63. The first-order valence-electron chi connectivity index (χ1n) is 8.92. The third-order valence-electron chi connectivity index (χ3n) is 3.59. The van der Waals surface area contributed by atoms with Crippen LogP contribution in [0.3, 0.4) is 0 Å². The molecule has 0 rings (SSSR count). The minimum Gasteiger partial charge on any atom is -0.309 e. The van der Waals surface area contributed by atoms with Crippen molar-refractivity contribution in [2.24, 2.45) is 0 Å². The Balaban J connectivity index is 3.40. The molecule has 0 heterocycles. The first kappa shape index (κ1) is 22.3. The van der Waals surface area contributed by atoms with Gasteiger partial charge in [0.1, 0.15) is 0 Å². The van der Waals surface area contributed by atoms with Crippen LogP contribution in [-0.2, 0) is 9.09 Å². The fourth-order valence-corrected chi connectivity index (χ4v) is 2.90. The topological polar surface area (TPSA) is 26.3 Å². The van der Waals surface area contributed by atoms with E-state index in [1.54, 1.807) is 0 Å². The normalized spacial score (nSPS) is 15.1. The van der Waals surface area contributed by atoms with Crippen molar-refractivity contribution in [3.63, 3.8) is 0 Å². The van der Waals surface area contributed by atoms with E-state index in [1.165, 1.54) is 32.8 Å². The van der Waals surface area contributed by atoms with E-state index in [2.05, 4.69) is 47.9 Å². The minimum atomic E-state index is -3.79. The highest BCUT2D eigenvalue weighted by Crippen LogP contribution is 2.48. The van der Waals surface area contributed by atoms with Gasteiger partial charge in [0, 0.05) is 7.11 Å². The summed E-state index contributed by atoms with van der Waals surface area (Å²) in [5, 5.41) is 0. The Kier molecular flexibility index (Phi) is 15.7. The van der Waals surface area contributed by atoms with Crippen molar-refractivity contribution in [2.75, 3.05) is 13.3 Å². The van der Waals surface area contributed by atoms with Crippen LogP contribution >= 0.6 is 7.68 Å². The molecule has 0 spiro atoms. The van der Waals surface area contributed by atoms with Crippen molar-refractivity contribution in [3.05, 3.63) is 36.5 Å². The monoisotopic (exact) mass is 344 g/mol. The van der Waals surface area contributed by atoms with Crippen LogP contribution in [-0.4, -0.2) is 13.3 Å². The van der Waals surface area contributed by atoms with Crippen LogP contribution in [0.1, 0.15) is 71.1 Å². The van der Waals surface area contributed by atoms with Gasteiger partial charge in [-0.15, -0.1) is 0 Å². The average molecular weight is 344 g/mol. The molecule has 0 N–H and O–H groups in total. The highest BCUT2D eigenvalue weighted by molar-refractivity contribution is 7.53. The van der Waals surface area contributed by atoms with Gasteiger partial charge in [-0.2, -0.15) is 4.20 Å². The lowest BCUT2D eigenvalue weighted by Gasteiger charge is -2.04. The molecule has 0 aliphatic heterocycles. The Morgan fingerprint density at radius 3 is 1.87 bits per heavy atom. The molecule has 4 heteroatoms. The second kappa shape index (κ2) is 16.2. The predicted molar refractivity (Wildman–Crippen MR) is 99.9 cm³/mol. The zero-order valence-electron chi connectivity index (χ0n) is 14.9. The van der Waals surface area contributed by atoms with Gasteiger partial charge in [0.05, 0.1) is 6.16 Å². The van der Waals surface area contributed by atoms with Gasteiger partial charge < -0.3 is 4.52 Å². The van der Waals surface area contributed by atoms with Gasteiger partial charge in [-0.1, -0.05) is 62.6 Å². The van der Waals surface area contributed by atoms with Gasteiger partial charge in [0.15, 0.2) is 0 Å². The lowest BCUT2D eigenvalue weighted by atomic mass is 10.2. The molecule has 134 valence electrons. The summed E-state index contributed by atoms with van der Waals surface area (Å²) in [6, 6.07) is 0. The molecule has 0 aliphatic carbocycles. The summed E-state index contributed by atoms with van der Waals surface area (Å²) >= 11 is 0. The molecular weight excluding hydrogens is 310 g/mol. The summed E-state index contributed by atoms with van der Waals surface area (Å²) in [5.74, 6) is 0. The highest BCUT2D eigenvalue weighted by Gasteiger charge is 2.18. The van der Waals surface area contributed by atoms with Gasteiger partial charge >= 0.3 is 7.68 Å². The van der Waals surface area contributed by atoms with E-state index in [4.69, 9.17) is 0 Å². The molecule has 0 aromatic carbocycles. The second-order valence-corrected chi connectivity index (χ2v) is 7.72. The molecule has 0 aromatic heterocycles. The van der Waals surface area contributed by atoms with E-state index in [9.17, 15) is 8.76 Å². The number of rotatable bonds is 15. The molecule has 0 bridgehead atoms. The van der Waals surface area contributed by atoms with Gasteiger partial charge in [0.2, 0.25) is 0 Å². The van der Waals surface area contributed by atoms with Gasteiger partial charge in [-0.3, -0.25) is 4.57 Å². The van der Waals surface area contributed by atoms with Crippen molar-refractivity contribution in [2.45, 2.75) is 71.1 Å². The van der Waals surface area contributed by atoms with Crippen LogP contribution in [0.5, 0.6) is 0 Å². The Hall–Kier alpha value is -0.660. The Morgan fingerprint density at radius 1 is 0.826 bits per heavy atom. The molecule has 0 aromatic rings. The van der Waals surface area contributed by atoms with Crippen LogP contribution in [0.4, 0.5) is 4.20 Å². The van der Waals surface area contributed by atoms with Crippen LogP contribution in [0.25, 0.3) is 0 Å². The summed E-state index contributed by atoms with van der Waals surface area (Å²) in [5.41, 5.74) is 0. The summed E-state index contributed by atoms with van der Waals surface area (Å²) in [6.07, 6.45) is 23.9. The van der Waals surface area contributed by atoms with Crippen LogP contribution < -0.4 is 0 Å². The first-order valence-corrected chi connectivity index (χ1v) is 10.6. The van der Waals surface area contributed by atoms with Crippen molar-refractivity contribution in [1.82, 2.24) is 0 Å². The molecule has 0 saturated heterocycles. The van der Waals surface area contributed by atoms with Crippen LogP contribution in [0, 0.1) is 0 Å². The van der Waals surface area contributed by atoms with Crippen molar-refractivity contribution >= 4 is 7.68 Å². The number of hydrogen-bond acceptors (Lipinski definition) is 2. The summed E-state index contributed by atoms with van der Waals surface area (Å²) in [6.45, 7) is 2.23. The van der Waals surface area contributed by atoms with Crippen molar-refractivity contribution in [3.8, 4) is 0 Å². The Morgan fingerprint density at radius 2 is 1.35 bits per heavy atom. The average Bonchev–Trinajstić information content (AvgIpc) is 2.54. The molecule has 23 heavy (non-hydrogen) atoms. The first-order chi connectivity index (χ1) is 11.1. The maximum Gasteiger partial charge on any atom is 0.367 e. The lowest BCUT2D eigenvalue weighted by Crippen LogP contribution is -1.87. The molecule has 0 saturated carbocycles. The van der Waals surface area contributed by atoms with E-state index >= 15 is 0 Å². The zero-order valence-corrected chi connectivity index (χ0v) is 15.8. The van der Waals surface area contributed by atoms with Gasteiger partial charge in [0.25, 0.3) is 0 Å². The number of unbranched alkanes of at least 4 members (excludes halogenated alkanes) is 6. The fourth-order valence-electron chi connectivity index (χ4n) is 2.12. The zero-order chi connectivity index (χ0) is 17.2. The van der Waals surface area contributed by atoms with E-state index in [0.29, 0.717) is 6.42 Å². The second-order valence-electron chi connectivity index (χ2n) is 5.73. The molecule has 0 amide bonds. The van der Waals surface area contributed by atoms with Crippen molar-refractivity contribution in [1.29, 1.82) is 0 Å². The van der Waals surface area contributed by atoms with Crippen LogP contribution in [0.2, 0.25) is 0 Å². The third-order valence-corrected chi connectivity index (χ3v) is 4.98. The number of halogens is 1. The third kappa shape index (κ3) is 17.5. The SMILES string of the molecule is CCCCC/C=C/C/C=C/C/C=C/CCCCCP(=O)(F)OC. The molecule has 0 aliphatic rings. The molecule has 0 radical (unpaired) electrons. The smallest absolute Gasteiger partial charge is 0.309 e. The van der Waals surface area contributed by atoms with E-state index < -0.39 is 7.68 Å². The molecular formula is C19H34FO2P. The summed E-state index contributed by atoms with van der Waals surface area (Å²) < 4.78 is 28.3. The standard InChI is InChI=1S/C19H34FO2P/c1-3-4-5-6-7-8-9-10-11-12-13-14-15-16-17-18-19-23(20,21)22-2/h7-8,10-11,13-14H,3-6,9,12,15-19H2,1-2H3/b8-7+,11-10+,14-13+. The number of allylic oxidation sites excluding steroid dienone is 6. The molecule has 1 unspecified atom stereocenters. The number of hydrogen-bond donors (Lipinski definition) is 0. The van der Waals surface area contributed by atoms with E-state index in [-0.39, 0.29) is 6.16 Å². The van der Waals surface area contributed by atoms with Crippen LogP contribution in [0.15, 0.2) is 36.5 Å². The Bertz CT molecular complexity index is 389. The van der Waals surface area contributed by atoms with E-state index in [1.807, 2.05) is 0 Å².